The average molecular weight is 437 g/mol. The van der Waals surface area contributed by atoms with Crippen molar-refractivity contribution in [1.29, 1.82) is 0 Å². The number of nitrogens with one attached hydrogen (secondary N) is 1. The van der Waals surface area contributed by atoms with Gasteiger partial charge in [0.05, 0.1) is 11.1 Å². The molecular weight excluding hydrogens is 408 g/mol. The minimum absolute atomic E-state index is 0.0495. The number of carbonyl (C=O) groups is 3. The van der Waals surface area contributed by atoms with Gasteiger partial charge in [0.15, 0.2) is 0 Å². The number of rotatable bonds is 7. The van der Waals surface area contributed by atoms with Gasteiger partial charge < -0.3 is 15.1 Å². The van der Waals surface area contributed by atoms with Gasteiger partial charge in [-0.2, -0.15) is 4.98 Å². The summed E-state index contributed by atoms with van der Waals surface area (Å²) in [7, 11) is 0. The lowest BCUT2D eigenvalue weighted by atomic mass is 10.1. The first-order valence-corrected chi connectivity index (χ1v) is 11.1. The lowest BCUT2D eigenvalue weighted by molar-refractivity contribution is -0.131. The fraction of sp³-hybridized carbons (Fsp3) is 0.435. The molecule has 168 valence electrons. The Hall–Kier alpha value is -3.49. The molecule has 3 amide bonds. The second kappa shape index (κ2) is 9.33. The van der Waals surface area contributed by atoms with E-state index in [0.717, 1.165) is 18.1 Å². The summed E-state index contributed by atoms with van der Waals surface area (Å²) in [5, 5.41) is 3.15. The third-order valence-corrected chi connectivity index (χ3v) is 5.78. The molecule has 32 heavy (non-hydrogen) atoms. The van der Waals surface area contributed by atoms with Crippen LogP contribution in [-0.4, -0.2) is 76.8 Å². The number of hydrogen-bond donors (Lipinski definition) is 1. The number of carbonyl (C=O) groups excluding carboxylic acids is 3. The van der Waals surface area contributed by atoms with Crippen LogP contribution in [0, 0.1) is 6.92 Å². The molecule has 0 radical (unpaired) electrons. The highest BCUT2D eigenvalue weighted by atomic mass is 16.2. The van der Waals surface area contributed by atoms with Crippen LogP contribution in [0.15, 0.2) is 30.3 Å². The molecule has 0 spiro atoms. The summed E-state index contributed by atoms with van der Waals surface area (Å²) in [4.78, 5) is 51.8. The van der Waals surface area contributed by atoms with E-state index in [0.29, 0.717) is 56.1 Å². The molecule has 9 heteroatoms. The summed E-state index contributed by atoms with van der Waals surface area (Å²) in [6.07, 6.45) is 0.770. The van der Waals surface area contributed by atoms with Crippen molar-refractivity contribution in [3.63, 3.8) is 0 Å². The number of piperazine rings is 1. The number of benzene rings is 1. The van der Waals surface area contributed by atoms with Crippen LogP contribution in [0.25, 0.3) is 0 Å². The maximum absolute atomic E-state index is 12.7. The highest BCUT2D eigenvalue weighted by Crippen LogP contribution is 2.23. The number of fused-ring (bicyclic) bond motifs is 1. The van der Waals surface area contributed by atoms with Gasteiger partial charge in [-0.1, -0.05) is 12.1 Å². The summed E-state index contributed by atoms with van der Waals surface area (Å²) in [6.45, 7) is 7.59. The second-order valence-corrected chi connectivity index (χ2v) is 8.00. The molecule has 0 atom stereocenters. The van der Waals surface area contributed by atoms with Crippen LogP contribution in [0.3, 0.4) is 0 Å². The lowest BCUT2D eigenvalue weighted by Gasteiger charge is -2.35. The van der Waals surface area contributed by atoms with E-state index in [1.54, 1.807) is 24.3 Å². The smallest absolute Gasteiger partial charge is 0.261 e. The Balaban J connectivity index is 1.26. The van der Waals surface area contributed by atoms with Gasteiger partial charge in [-0.05, 0) is 32.4 Å². The van der Waals surface area contributed by atoms with Gasteiger partial charge in [0, 0.05) is 57.4 Å². The molecule has 9 nitrogen and oxygen atoms in total. The summed E-state index contributed by atoms with van der Waals surface area (Å²) in [6, 6.07) is 8.79. The van der Waals surface area contributed by atoms with Crippen molar-refractivity contribution in [2.75, 3.05) is 49.5 Å². The monoisotopic (exact) mass is 436 g/mol. The van der Waals surface area contributed by atoms with E-state index in [-0.39, 0.29) is 24.3 Å². The van der Waals surface area contributed by atoms with Crippen molar-refractivity contribution in [1.82, 2.24) is 19.8 Å². The standard InChI is InChI=1S/C23H28N6O3/c1-3-24-23-25-16(2)15-19(26-23)27-11-13-28(14-12-27)20(30)9-6-10-29-21(31)17-7-4-5-8-18(17)22(29)32/h4-5,7-8,15H,3,6,9-14H2,1-2H3,(H,24,25,26). The maximum Gasteiger partial charge on any atom is 0.261 e. The van der Waals surface area contributed by atoms with E-state index in [1.165, 1.54) is 4.90 Å². The van der Waals surface area contributed by atoms with Gasteiger partial charge in [0.1, 0.15) is 5.82 Å². The summed E-state index contributed by atoms with van der Waals surface area (Å²) in [5.74, 6) is 0.987. The molecule has 4 rings (SSSR count). The summed E-state index contributed by atoms with van der Waals surface area (Å²) < 4.78 is 0. The Labute approximate surface area is 187 Å². The minimum atomic E-state index is -0.274. The molecule has 1 fully saturated rings. The van der Waals surface area contributed by atoms with Crippen molar-refractivity contribution in [3.05, 3.63) is 47.2 Å². The maximum atomic E-state index is 12.7. The van der Waals surface area contributed by atoms with E-state index < -0.39 is 0 Å². The van der Waals surface area contributed by atoms with Crippen molar-refractivity contribution in [3.8, 4) is 0 Å². The Bertz CT molecular complexity index is 997. The minimum Gasteiger partial charge on any atom is -0.354 e. The first kappa shape index (κ1) is 21.7. The quantitative estimate of drug-likeness (QED) is 0.662. The second-order valence-electron chi connectivity index (χ2n) is 8.00. The third kappa shape index (κ3) is 4.42. The van der Waals surface area contributed by atoms with Crippen LogP contribution in [-0.2, 0) is 4.79 Å². The van der Waals surface area contributed by atoms with Crippen LogP contribution in [0.2, 0.25) is 0 Å². The topological polar surface area (TPSA) is 98.7 Å². The number of hydrogen-bond acceptors (Lipinski definition) is 7. The predicted octanol–water partition coefficient (Wildman–Crippen LogP) is 1.94. The van der Waals surface area contributed by atoms with Gasteiger partial charge in [-0.3, -0.25) is 19.3 Å². The molecule has 0 saturated carbocycles. The van der Waals surface area contributed by atoms with E-state index in [4.69, 9.17) is 0 Å². The van der Waals surface area contributed by atoms with Gasteiger partial charge >= 0.3 is 0 Å². The largest absolute Gasteiger partial charge is 0.354 e. The molecule has 3 heterocycles. The number of aryl methyl sites for hydroxylation is 1. The van der Waals surface area contributed by atoms with E-state index in [1.807, 2.05) is 24.8 Å². The lowest BCUT2D eigenvalue weighted by Crippen LogP contribution is -2.49. The number of amides is 3. The van der Waals surface area contributed by atoms with Gasteiger partial charge in [-0.25, -0.2) is 4.98 Å². The number of aromatic nitrogens is 2. The zero-order chi connectivity index (χ0) is 22.7. The molecule has 1 saturated heterocycles. The molecule has 2 aliphatic heterocycles. The SMILES string of the molecule is CCNc1nc(C)cc(N2CCN(C(=O)CCCN3C(=O)c4ccccc4C3=O)CC2)n1. The Morgan fingerprint density at radius 1 is 1.03 bits per heavy atom. The normalized spacial score (nSPS) is 15.9. The number of imide groups is 1. The Morgan fingerprint density at radius 3 is 2.31 bits per heavy atom. The third-order valence-electron chi connectivity index (χ3n) is 5.78. The summed E-state index contributed by atoms with van der Waals surface area (Å²) in [5.41, 5.74) is 1.78. The van der Waals surface area contributed by atoms with E-state index >= 15 is 0 Å². The predicted molar refractivity (Wildman–Crippen MR) is 121 cm³/mol. The fourth-order valence-electron chi connectivity index (χ4n) is 4.12. The van der Waals surface area contributed by atoms with Crippen LogP contribution >= 0.6 is 0 Å². The van der Waals surface area contributed by atoms with E-state index in [2.05, 4.69) is 20.2 Å². The zero-order valence-corrected chi connectivity index (χ0v) is 18.5. The molecular formula is C23H28N6O3. The molecule has 0 bridgehead atoms. The molecule has 1 N–H and O–H groups in total. The van der Waals surface area contributed by atoms with Crippen molar-refractivity contribution >= 4 is 29.5 Å². The first-order chi connectivity index (χ1) is 15.5. The first-order valence-electron chi connectivity index (χ1n) is 11.1. The Morgan fingerprint density at radius 2 is 1.69 bits per heavy atom. The van der Waals surface area contributed by atoms with Crippen LogP contribution < -0.4 is 10.2 Å². The van der Waals surface area contributed by atoms with Gasteiger partial charge in [0.25, 0.3) is 11.8 Å². The van der Waals surface area contributed by atoms with Crippen LogP contribution in [0.1, 0.15) is 46.2 Å². The van der Waals surface area contributed by atoms with Crippen molar-refractivity contribution in [2.45, 2.75) is 26.7 Å². The highest BCUT2D eigenvalue weighted by molar-refractivity contribution is 6.21. The molecule has 0 unspecified atom stereocenters. The van der Waals surface area contributed by atoms with Gasteiger partial charge in [-0.15, -0.1) is 0 Å². The van der Waals surface area contributed by atoms with E-state index in [9.17, 15) is 14.4 Å². The van der Waals surface area contributed by atoms with Gasteiger partial charge in [0.2, 0.25) is 11.9 Å². The molecule has 1 aromatic carbocycles. The van der Waals surface area contributed by atoms with Crippen LogP contribution in [0.5, 0.6) is 0 Å². The van der Waals surface area contributed by atoms with Crippen LogP contribution in [0.4, 0.5) is 11.8 Å². The average Bonchev–Trinajstić information content (AvgIpc) is 3.04. The van der Waals surface area contributed by atoms with Crippen molar-refractivity contribution in [2.24, 2.45) is 0 Å². The molecule has 2 aliphatic rings. The van der Waals surface area contributed by atoms with Crippen molar-refractivity contribution < 1.29 is 14.4 Å². The zero-order valence-electron chi connectivity index (χ0n) is 18.5. The summed E-state index contributed by atoms with van der Waals surface area (Å²) >= 11 is 0. The highest BCUT2D eigenvalue weighted by Gasteiger charge is 2.34. The molecule has 2 aromatic rings. The molecule has 1 aromatic heterocycles. The number of nitrogens with zero attached hydrogens (tertiary/aromatic N) is 5. The fourth-order valence-corrected chi connectivity index (χ4v) is 4.12. The number of anilines is 2. The molecule has 0 aliphatic carbocycles. The Kier molecular flexibility index (Phi) is 6.34.